The highest BCUT2D eigenvalue weighted by molar-refractivity contribution is 6.62. The zero-order valence-corrected chi connectivity index (χ0v) is 18.2. The number of aldehydes is 2. The number of hydrogen-bond acceptors (Lipinski definition) is 4. The molecule has 31 heavy (non-hydrogen) atoms. The van der Waals surface area contributed by atoms with Gasteiger partial charge in [-0.05, 0) is 61.5 Å². The normalized spacial score (nSPS) is 16.8. The summed E-state index contributed by atoms with van der Waals surface area (Å²) >= 11 is 0. The molecule has 4 nitrogen and oxygen atoms in total. The summed E-state index contributed by atoms with van der Waals surface area (Å²) in [4.78, 5) is 22.1. The molecule has 0 saturated carbocycles. The Morgan fingerprint density at radius 2 is 1.00 bits per heavy atom. The van der Waals surface area contributed by atoms with E-state index in [0.29, 0.717) is 11.1 Å². The van der Waals surface area contributed by atoms with Crippen molar-refractivity contribution in [2.24, 2.45) is 0 Å². The first-order chi connectivity index (χ1) is 14.7. The fraction of sp³-hybridized carbons (Fsp3) is 0.231. The molecule has 0 bridgehead atoms. The van der Waals surface area contributed by atoms with Gasteiger partial charge in [-0.1, -0.05) is 60.7 Å². The van der Waals surface area contributed by atoms with Crippen LogP contribution in [0.25, 0.3) is 22.3 Å². The molecular weight excluding hydrogens is 387 g/mol. The summed E-state index contributed by atoms with van der Waals surface area (Å²) in [6, 6.07) is 21.2. The molecule has 0 unspecified atom stereocenters. The minimum absolute atomic E-state index is 0.439. The molecule has 5 heteroatoms. The van der Waals surface area contributed by atoms with Crippen molar-refractivity contribution in [3.63, 3.8) is 0 Å². The van der Waals surface area contributed by atoms with Crippen LogP contribution in [-0.4, -0.2) is 30.9 Å². The van der Waals surface area contributed by atoms with Gasteiger partial charge in [0.25, 0.3) is 0 Å². The van der Waals surface area contributed by atoms with Gasteiger partial charge in [0.05, 0.1) is 11.2 Å². The first kappa shape index (κ1) is 21.2. The van der Waals surface area contributed by atoms with E-state index in [0.717, 1.165) is 40.3 Å². The van der Waals surface area contributed by atoms with Gasteiger partial charge < -0.3 is 9.31 Å². The highest BCUT2D eigenvalue weighted by Crippen LogP contribution is 2.37. The van der Waals surface area contributed by atoms with E-state index in [1.807, 2.05) is 76.2 Å². The van der Waals surface area contributed by atoms with Gasteiger partial charge in [-0.25, -0.2) is 0 Å². The third-order valence-corrected chi connectivity index (χ3v) is 6.24. The average molecular weight is 412 g/mol. The molecule has 1 heterocycles. The maximum Gasteiger partial charge on any atom is 0.494 e. The minimum atomic E-state index is -0.493. The second-order valence-electron chi connectivity index (χ2n) is 8.91. The Morgan fingerprint density at radius 1 is 0.613 bits per heavy atom. The topological polar surface area (TPSA) is 52.6 Å². The lowest BCUT2D eigenvalue weighted by Crippen LogP contribution is -2.41. The zero-order chi connectivity index (χ0) is 22.2. The molecule has 1 fully saturated rings. The van der Waals surface area contributed by atoms with Crippen LogP contribution in [0.4, 0.5) is 0 Å². The first-order valence-corrected chi connectivity index (χ1v) is 10.3. The van der Waals surface area contributed by atoms with E-state index in [1.165, 1.54) is 0 Å². The molecule has 0 N–H and O–H groups in total. The molecule has 156 valence electrons. The van der Waals surface area contributed by atoms with Crippen molar-refractivity contribution in [3.8, 4) is 22.3 Å². The van der Waals surface area contributed by atoms with Gasteiger partial charge in [-0.3, -0.25) is 9.59 Å². The van der Waals surface area contributed by atoms with Crippen molar-refractivity contribution in [3.05, 3.63) is 77.9 Å². The smallest absolute Gasteiger partial charge is 0.399 e. The molecule has 0 aliphatic carbocycles. The second kappa shape index (κ2) is 7.91. The van der Waals surface area contributed by atoms with Gasteiger partial charge in [0.2, 0.25) is 0 Å². The maximum absolute atomic E-state index is 11.0. The predicted octanol–water partition coefficient (Wildman–Crippen LogP) is 4.94. The van der Waals surface area contributed by atoms with E-state index in [2.05, 4.69) is 18.2 Å². The van der Waals surface area contributed by atoms with Crippen molar-refractivity contribution in [1.29, 1.82) is 0 Å². The van der Waals surface area contributed by atoms with Gasteiger partial charge in [0, 0.05) is 11.1 Å². The van der Waals surface area contributed by atoms with Gasteiger partial charge in [0.1, 0.15) is 12.6 Å². The van der Waals surface area contributed by atoms with Crippen LogP contribution in [0, 0.1) is 0 Å². The maximum atomic E-state index is 11.0. The van der Waals surface area contributed by atoms with Crippen molar-refractivity contribution in [1.82, 2.24) is 0 Å². The molecule has 0 atom stereocenters. The molecule has 0 amide bonds. The first-order valence-electron chi connectivity index (χ1n) is 10.3. The second-order valence-corrected chi connectivity index (χ2v) is 8.91. The molecule has 3 aromatic carbocycles. The van der Waals surface area contributed by atoms with Crippen LogP contribution in [-0.2, 0) is 9.31 Å². The van der Waals surface area contributed by atoms with E-state index in [9.17, 15) is 9.59 Å². The number of carbonyl (C=O) groups is 2. The van der Waals surface area contributed by atoms with Crippen LogP contribution in [0.15, 0.2) is 66.7 Å². The Bertz CT molecular complexity index is 1030. The van der Waals surface area contributed by atoms with Crippen LogP contribution in [0.3, 0.4) is 0 Å². The van der Waals surface area contributed by atoms with E-state index >= 15 is 0 Å². The Balaban J connectivity index is 1.82. The number of benzene rings is 3. The third-order valence-electron chi connectivity index (χ3n) is 6.24. The quantitative estimate of drug-likeness (QED) is 0.440. The molecule has 3 aromatic rings. The van der Waals surface area contributed by atoms with Crippen LogP contribution < -0.4 is 5.46 Å². The zero-order valence-electron chi connectivity index (χ0n) is 18.2. The molecule has 1 aliphatic rings. The molecule has 0 aromatic heterocycles. The van der Waals surface area contributed by atoms with Crippen LogP contribution in [0.2, 0.25) is 0 Å². The van der Waals surface area contributed by atoms with Crippen LogP contribution in [0.5, 0.6) is 0 Å². The van der Waals surface area contributed by atoms with E-state index in [4.69, 9.17) is 9.31 Å². The Labute approximate surface area is 183 Å². The van der Waals surface area contributed by atoms with Crippen molar-refractivity contribution >= 4 is 25.2 Å². The lowest BCUT2D eigenvalue weighted by atomic mass is 9.76. The van der Waals surface area contributed by atoms with Gasteiger partial charge in [-0.2, -0.15) is 0 Å². The van der Waals surface area contributed by atoms with Crippen molar-refractivity contribution in [2.75, 3.05) is 0 Å². The Kier molecular flexibility index (Phi) is 5.42. The number of carbonyl (C=O) groups excluding carboxylic acids is 2. The van der Waals surface area contributed by atoms with Gasteiger partial charge in [-0.15, -0.1) is 0 Å². The van der Waals surface area contributed by atoms with Gasteiger partial charge in [0.15, 0.2) is 0 Å². The summed E-state index contributed by atoms with van der Waals surface area (Å²) in [5.74, 6) is 0. The summed E-state index contributed by atoms with van der Waals surface area (Å²) in [5.41, 5.74) is 5.30. The SMILES string of the molecule is CC1(C)OB(c2cc(-c3ccc(C=O)cc3)cc(-c3ccc(C=O)cc3)c2)OC1(C)C. The minimum Gasteiger partial charge on any atom is -0.399 e. The Morgan fingerprint density at radius 3 is 1.35 bits per heavy atom. The van der Waals surface area contributed by atoms with Crippen LogP contribution in [0.1, 0.15) is 48.4 Å². The van der Waals surface area contributed by atoms with E-state index in [-0.39, 0.29) is 0 Å². The molecule has 0 radical (unpaired) electrons. The molecule has 1 saturated heterocycles. The molecule has 1 aliphatic heterocycles. The largest absolute Gasteiger partial charge is 0.494 e. The summed E-state index contributed by atoms with van der Waals surface area (Å²) in [6.07, 6.45) is 1.68. The highest BCUT2D eigenvalue weighted by Gasteiger charge is 2.51. The highest BCUT2D eigenvalue weighted by atomic mass is 16.7. The summed E-state index contributed by atoms with van der Waals surface area (Å²) in [7, 11) is -0.493. The van der Waals surface area contributed by atoms with Gasteiger partial charge >= 0.3 is 7.12 Å². The fourth-order valence-corrected chi connectivity index (χ4v) is 3.61. The number of hydrogen-bond donors (Lipinski definition) is 0. The molecule has 4 rings (SSSR count). The molecular formula is C26H25BO4. The summed E-state index contributed by atoms with van der Waals surface area (Å²) < 4.78 is 12.6. The lowest BCUT2D eigenvalue weighted by Gasteiger charge is -2.32. The van der Waals surface area contributed by atoms with Crippen molar-refractivity contribution in [2.45, 2.75) is 38.9 Å². The average Bonchev–Trinajstić information content (AvgIpc) is 3.00. The van der Waals surface area contributed by atoms with Crippen molar-refractivity contribution < 1.29 is 18.9 Å². The Hall–Kier alpha value is -3.02. The summed E-state index contributed by atoms with van der Waals surface area (Å²) in [5, 5.41) is 0. The predicted molar refractivity (Wildman–Crippen MR) is 124 cm³/mol. The van der Waals surface area contributed by atoms with E-state index < -0.39 is 18.3 Å². The molecule has 0 spiro atoms. The fourth-order valence-electron chi connectivity index (χ4n) is 3.61. The summed E-state index contributed by atoms with van der Waals surface area (Å²) in [6.45, 7) is 8.14. The third kappa shape index (κ3) is 4.11. The number of rotatable bonds is 5. The van der Waals surface area contributed by atoms with E-state index in [1.54, 1.807) is 0 Å². The lowest BCUT2D eigenvalue weighted by molar-refractivity contribution is 0.00578. The monoisotopic (exact) mass is 412 g/mol. The van der Waals surface area contributed by atoms with Crippen LogP contribution >= 0.6 is 0 Å². The standard InChI is InChI=1S/C26H25BO4/c1-25(2)26(3,4)31-27(30-25)24-14-22(20-9-5-18(16-28)6-10-20)13-23(15-24)21-11-7-19(17-29)8-12-21/h5-17H,1-4H3.